The minimum Gasteiger partial charge on any atom is -0.398 e. The van der Waals surface area contributed by atoms with Crippen LogP contribution in [0.2, 0.25) is 0 Å². The summed E-state index contributed by atoms with van der Waals surface area (Å²) in [6, 6.07) is 6.39. The summed E-state index contributed by atoms with van der Waals surface area (Å²) in [4.78, 5) is 2.64. The molecule has 2 N–H and O–H groups in total. The number of fused-ring (bicyclic) bond motifs is 1. The molecule has 0 amide bonds. The lowest BCUT2D eigenvalue weighted by Gasteiger charge is -2.35. The second-order valence-electron chi connectivity index (χ2n) is 6.61. The van der Waals surface area contributed by atoms with E-state index in [0.717, 1.165) is 30.5 Å². The standard InChI is InChI=1S/C17H26N2/c1-13-4-2-5-14(10-13)11-19-9-8-16-15(12-19)6-3-7-17(16)18/h3,6-7,13-14H,2,4-5,8-12,18H2,1H3. The summed E-state index contributed by atoms with van der Waals surface area (Å²) in [5, 5.41) is 0. The van der Waals surface area contributed by atoms with Crippen LogP contribution in [-0.4, -0.2) is 18.0 Å². The van der Waals surface area contributed by atoms with Gasteiger partial charge in [-0.15, -0.1) is 0 Å². The fourth-order valence-electron chi connectivity index (χ4n) is 3.94. The normalized spacial score (nSPS) is 28.1. The molecule has 0 spiro atoms. The van der Waals surface area contributed by atoms with E-state index < -0.39 is 0 Å². The van der Waals surface area contributed by atoms with Crippen LogP contribution in [0.25, 0.3) is 0 Å². The third kappa shape index (κ3) is 2.94. The van der Waals surface area contributed by atoms with Crippen molar-refractivity contribution in [3.63, 3.8) is 0 Å². The molecule has 2 atom stereocenters. The van der Waals surface area contributed by atoms with E-state index in [1.807, 2.05) is 6.07 Å². The number of nitrogens with two attached hydrogens (primary N) is 1. The molecule has 19 heavy (non-hydrogen) atoms. The number of nitrogen functional groups attached to an aromatic ring is 1. The zero-order valence-corrected chi connectivity index (χ0v) is 12.1. The van der Waals surface area contributed by atoms with E-state index >= 15 is 0 Å². The Kier molecular flexibility index (Phi) is 3.79. The minimum absolute atomic E-state index is 0.923. The molecule has 0 bridgehead atoms. The van der Waals surface area contributed by atoms with Gasteiger partial charge in [0, 0.05) is 25.3 Å². The lowest BCUT2D eigenvalue weighted by Crippen LogP contribution is -2.36. The van der Waals surface area contributed by atoms with Gasteiger partial charge in [0.25, 0.3) is 0 Å². The molecule has 104 valence electrons. The average molecular weight is 258 g/mol. The van der Waals surface area contributed by atoms with Gasteiger partial charge in [-0.2, -0.15) is 0 Å². The van der Waals surface area contributed by atoms with E-state index in [4.69, 9.17) is 5.73 Å². The van der Waals surface area contributed by atoms with Gasteiger partial charge in [-0.1, -0.05) is 31.9 Å². The van der Waals surface area contributed by atoms with Gasteiger partial charge in [0.2, 0.25) is 0 Å². The Labute approximate surface area is 117 Å². The molecule has 1 heterocycles. The molecule has 1 aliphatic heterocycles. The van der Waals surface area contributed by atoms with E-state index in [0.29, 0.717) is 0 Å². The minimum atomic E-state index is 0.923. The van der Waals surface area contributed by atoms with Crippen LogP contribution in [0.15, 0.2) is 18.2 Å². The smallest absolute Gasteiger partial charge is 0.0350 e. The van der Waals surface area contributed by atoms with E-state index in [9.17, 15) is 0 Å². The molecule has 0 aromatic heterocycles. The Hall–Kier alpha value is -1.02. The number of anilines is 1. The molecule has 1 saturated carbocycles. The van der Waals surface area contributed by atoms with Crippen molar-refractivity contribution < 1.29 is 0 Å². The second kappa shape index (κ2) is 5.54. The number of hydrogen-bond acceptors (Lipinski definition) is 2. The van der Waals surface area contributed by atoms with Crippen molar-refractivity contribution in [3.05, 3.63) is 29.3 Å². The Balaban J connectivity index is 1.62. The molecule has 0 saturated heterocycles. The van der Waals surface area contributed by atoms with Crippen LogP contribution in [0, 0.1) is 11.8 Å². The molecular weight excluding hydrogens is 232 g/mol. The van der Waals surface area contributed by atoms with Crippen LogP contribution in [0.5, 0.6) is 0 Å². The summed E-state index contributed by atoms with van der Waals surface area (Å²) in [7, 11) is 0. The summed E-state index contributed by atoms with van der Waals surface area (Å²) < 4.78 is 0. The van der Waals surface area contributed by atoms with E-state index in [-0.39, 0.29) is 0 Å². The molecule has 1 fully saturated rings. The van der Waals surface area contributed by atoms with Gasteiger partial charge < -0.3 is 5.73 Å². The molecule has 1 aromatic rings. The molecule has 2 unspecified atom stereocenters. The summed E-state index contributed by atoms with van der Waals surface area (Å²) in [6.07, 6.45) is 6.87. The van der Waals surface area contributed by atoms with Crippen LogP contribution in [0.4, 0.5) is 5.69 Å². The third-order valence-electron chi connectivity index (χ3n) is 4.94. The maximum atomic E-state index is 6.07. The van der Waals surface area contributed by atoms with Crippen LogP contribution in [0.1, 0.15) is 43.7 Å². The zero-order chi connectivity index (χ0) is 13.2. The average Bonchev–Trinajstić information content (AvgIpc) is 2.39. The quantitative estimate of drug-likeness (QED) is 0.823. The van der Waals surface area contributed by atoms with Crippen LogP contribution in [0.3, 0.4) is 0 Å². The maximum absolute atomic E-state index is 6.07. The van der Waals surface area contributed by atoms with Crippen molar-refractivity contribution >= 4 is 5.69 Å². The van der Waals surface area contributed by atoms with E-state index in [1.165, 1.54) is 49.9 Å². The van der Waals surface area contributed by atoms with Gasteiger partial charge in [-0.3, -0.25) is 4.90 Å². The summed E-state index contributed by atoms with van der Waals surface area (Å²) in [5.41, 5.74) is 9.91. The van der Waals surface area contributed by atoms with Crippen LogP contribution >= 0.6 is 0 Å². The predicted octanol–water partition coefficient (Wildman–Crippen LogP) is 3.45. The SMILES string of the molecule is CC1CCCC(CN2CCc3c(N)cccc3C2)C1. The first kappa shape index (κ1) is 13.0. The largest absolute Gasteiger partial charge is 0.398 e. The maximum Gasteiger partial charge on any atom is 0.0350 e. The molecular formula is C17H26N2. The van der Waals surface area contributed by atoms with Gasteiger partial charge in [0.05, 0.1) is 0 Å². The summed E-state index contributed by atoms with van der Waals surface area (Å²) in [6.45, 7) is 5.99. The highest BCUT2D eigenvalue weighted by molar-refractivity contribution is 5.51. The van der Waals surface area contributed by atoms with Gasteiger partial charge in [0.1, 0.15) is 0 Å². The molecule has 2 nitrogen and oxygen atoms in total. The van der Waals surface area contributed by atoms with Gasteiger partial charge >= 0.3 is 0 Å². The second-order valence-corrected chi connectivity index (χ2v) is 6.61. The van der Waals surface area contributed by atoms with Crippen molar-refractivity contribution in [1.29, 1.82) is 0 Å². The molecule has 1 aromatic carbocycles. The Morgan fingerprint density at radius 3 is 3.05 bits per heavy atom. The van der Waals surface area contributed by atoms with Crippen LogP contribution < -0.4 is 5.73 Å². The fourth-order valence-corrected chi connectivity index (χ4v) is 3.94. The number of hydrogen-bond donors (Lipinski definition) is 1. The van der Waals surface area contributed by atoms with Gasteiger partial charge in [-0.05, 0) is 48.3 Å². The highest BCUT2D eigenvalue weighted by atomic mass is 15.1. The van der Waals surface area contributed by atoms with E-state index in [1.54, 1.807) is 0 Å². The highest BCUT2D eigenvalue weighted by Crippen LogP contribution is 2.31. The fraction of sp³-hybridized carbons (Fsp3) is 0.647. The monoisotopic (exact) mass is 258 g/mol. The van der Waals surface area contributed by atoms with Crippen molar-refractivity contribution in [2.24, 2.45) is 11.8 Å². The van der Waals surface area contributed by atoms with Gasteiger partial charge in [-0.25, -0.2) is 0 Å². The predicted molar refractivity (Wildman–Crippen MR) is 81.0 cm³/mol. The number of benzene rings is 1. The van der Waals surface area contributed by atoms with E-state index in [2.05, 4.69) is 24.0 Å². The highest BCUT2D eigenvalue weighted by Gasteiger charge is 2.24. The van der Waals surface area contributed by atoms with Gasteiger partial charge in [0.15, 0.2) is 0 Å². The van der Waals surface area contributed by atoms with Crippen molar-refractivity contribution in [3.8, 4) is 0 Å². The summed E-state index contributed by atoms with van der Waals surface area (Å²) >= 11 is 0. The lowest BCUT2D eigenvalue weighted by molar-refractivity contribution is 0.168. The van der Waals surface area contributed by atoms with Crippen molar-refractivity contribution in [1.82, 2.24) is 4.90 Å². The lowest BCUT2D eigenvalue weighted by atomic mass is 9.82. The van der Waals surface area contributed by atoms with Crippen LogP contribution in [-0.2, 0) is 13.0 Å². The Morgan fingerprint density at radius 2 is 2.21 bits per heavy atom. The Bertz CT molecular complexity index is 441. The molecule has 3 rings (SSSR count). The first-order chi connectivity index (χ1) is 9.22. The molecule has 2 aliphatic rings. The topological polar surface area (TPSA) is 29.3 Å². The molecule has 1 aliphatic carbocycles. The summed E-state index contributed by atoms with van der Waals surface area (Å²) in [5.74, 6) is 1.86. The first-order valence-corrected chi connectivity index (χ1v) is 7.81. The number of rotatable bonds is 2. The van der Waals surface area contributed by atoms with Crippen molar-refractivity contribution in [2.45, 2.75) is 45.6 Å². The molecule has 2 heteroatoms. The Morgan fingerprint density at radius 1 is 1.32 bits per heavy atom. The molecule has 0 radical (unpaired) electrons. The number of nitrogens with zero attached hydrogens (tertiary/aromatic N) is 1. The van der Waals surface area contributed by atoms with Crippen molar-refractivity contribution in [2.75, 3.05) is 18.8 Å². The first-order valence-electron chi connectivity index (χ1n) is 7.81. The third-order valence-corrected chi connectivity index (χ3v) is 4.94. The zero-order valence-electron chi connectivity index (χ0n) is 12.1.